The summed E-state index contributed by atoms with van der Waals surface area (Å²) >= 11 is 1.17. The number of thioether (sulfide) groups is 2. The molecule has 10 atom stereocenters. The molecule has 2 aliphatic heterocycles. The largest absolute Gasteiger partial charge is 0.479 e. The first kappa shape index (κ1) is 40.4. The van der Waals surface area contributed by atoms with Gasteiger partial charge < -0.3 is 33.2 Å². The monoisotopic (exact) mass is 769 g/mol. The SMILES string of the molecule is CC(=O)OC1OC(SCOc2c(F)c(F)nc3c(SC4OC(C)C(C)C(OC(C)=O)C4OC(C)=O)c(F)c(F)c(F)c23)C(C)C(C)C1OC(C)=O. The predicted octanol–water partition coefficient (Wildman–Crippen LogP) is 5.79. The van der Waals surface area contributed by atoms with Gasteiger partial charge in [-0.15, -0.1) is 0 Å². The van der Waals surface area contributed by atoms with Gasteiger partial charge in [0.2, 0.25) is 12.1 Å². The molecule has 19 heteroatoms. The fraction of sp³-hybridized carbons (Fsp3) is 0.594. The van der Waals surface area contributed by atoms with Gasteiger partial charge in [-0.25, -0.2) is 18.2 Å². The Balaban J connectivity index is 1.70. The molecule has 4 rings (SSSR count). The zero-order valence-corrected chi connectivity index (χ0v) is 30.3. The summed E-state index contributed by atoms with van der Waals surface area (Å²) in [6, 6.07) is 0. The molecular formula is C32H36F5NO11S2. The van der Waals surface area contributed by atoms with Crippen LogP contribution in [0.25, 0.3) is 10.9 Å². The Morgan fingerprint density at radius 1 is 0.667 bits per heavy atom. The highest BCUT2D eigenvalue weighted by atomic mass is 32.2. The van der Waals surface area contributed by atoms with Crippen molar-refractivity contribution in [2.24, 2.45) is 17.8 Å². The van der Waals surface area contributed by atoms with E-state index in [-0.39, 0.29) is 0 Å². The number of hydrogen-bond acceptors (Lipinski definition) is 14. The Morgan fingerprint density at radius 3 is 1.82 bits per heavy atom. The molecule has 0 N–H and O–H groups in total. The fourth-order valence-electron chi connectivity index (χ4n) is 5.65. The Labute approximate surface area is 297 Å². The van der Waals surface area contributed by atoms with Crippen LogP contribution in [0, 0.1) is 47.0 Å². The van der Waals surface area contributed by atoms with Gasteiger partial charge in [0, 0.05) is 39.5 Å². The lowest BCUT2D eigenvalue weighted by Crippen LogP contribution is -2.54. The standard InChI is InChI=1S/C32H36F5NO11S2/c1-10-11(2)31(49-30(48-17(8)42)25(10)46-15(6)40)50-9-43-26-18-19(33)20(34)21(35)28(23(18)38-29(37)22(26)36)51-32-27(47-16(7)41)24(45-14(5)39)12(3)13(4)44-32/h10-13,24-25,27,30-32H,9H2,1-8H3. The lowest BCUT2D eigenvalue weighted by atomic mass is 9.88. The second-order valence-corrected chi connectivity index (χ2v) is 14.2. The van der Waals surface area contributed by atoms with Crippen LogP contribution < -0.4 is 4.74 Å². The van der Waals surface area contributed by atoms with Gasteiger partial charge in [-0.2, -0.15) is 8.78 Å². The average Bonchev–Trinajstić information content (AvgIpc) is 3.03. The van der Waals surface area contributed by atoms with Crippen LogP contribution in [0.3, 0.4) is 0 Å². The van der Waals surface area contributed by atoms with Crippen molar-refractivity contribution in [1.29, 1.82) is 0 Å². The number of ether oxygens (including phenoxy) is 7. The van der Waals surface area contributed by atoms with Crippen LogP contribution in [-0.2, 0) is 47.6 Å². The summed E-state index contributed by atoms with van der Waals surface area (Å²) < 4.78 is 115. The van der Waals surface area contributed by atoms with Crippen LogP contribution in [0.4, 0.5) is 22.0 Å². The van der Waals surface area contributed by atoms with E-state index in [1.54, 1.807) is 27.7 Å². The van der Waals surface area contributed by atoms with Crippen LogP contribution >= 0.6 is 23.5 Å². The average molecular weight is 770 g/mol. The van der Waals surface area contributed by atoms with Crippen LogP contribution in [0.5, 0.6) is 5.75 Å². The van der Waals surface area contributed by atoms with Gasteiger partial charge in [0.1, 0.15) is 22.9 Å². The molecule has 0 amide bonds. The second-order valence-electron chi connectivity index (χ2n) is 12.1. The van der Waals surface area contributed by atoms with Crippen LogP contribution in [0.2, 0.25) is 0 Å². The molecule has 0 aliphatic carbocycles. The van der Waals surface area contributed by atoms with Crippen molar-refractivity contribution in [3.63, 3.8) is 0 Å². The number of esters is 4. The van der Waals surface area contributed by atoms with Crippen molar-refractivity contribution in [3.05, 3.63) is 29.2 Å². The first-order valence-corrected chi connectivity index (χ1v) is 17.5. The minimum atomic E-state index is -2.08. The molecule has 0 saturated carbocycles. The molecule has 10 unspecified atom stereocenters. The highest BCUT2D eigenvalue weighted by Crippen LogP contribution is 2.45. The zero-order valence-electron chi connectivity index (χ0n) is 28.6. The molecule has 2 aromatic rings. The van der Waals surface area contributed by atoms with Gasteiger partial charge in [-0.05, 0) is 12.8 Å². The molecule has 2 fully saturated rings. The number of fused-ring (bicyclic) bond motifs is 1. The second kappa shape index (κ2) is 16.5. The first-order chi connectivity index (χ1) is 23.8. The third-order valence-corrected chi connectivity index (χ3v) is 10.8. The number of benzene rings is 1. The van der Waals surface area contributed by atoms with Crippen molar-refractivity contribution in [2.45, 2.75) is 102 Å². The molecule has 282 valence electrons. The van der Waals surface area contributed by atoms with Gasteiger partial charge in [0.05, 0.1) is 21.9 Å². The maximum absolute atomic E-state index is 15.5. The zero-order chi connectivity index (χ0) is 38.1. The summed E-state index contributed by atoms with van der Waals surface area (Å²) in [5, 5.41) is -1.05. The Morgan fingerprint density at radius 2 is 1.24 bits per heavy atom. The summed E-state index contributed by atoms with van der Waals surface area (Å²) in [6.07, 6.45) is -5.54. The van der Waals surface area contributed by atoms with E-state index in [0.717, 1.165) is 32.5 Å². The third-order valence-electron chi connectivity index (χ3n) is 8.44. The molecule has 3 heterocycles. The maximum Gasteiger partial charge on any atom is 0.305 e. The molecule has 51 heavy (non-hydrogen) atoms. The number of nitrogens with zero attached hydrogens (tertiary/aromatic N) is 1. The number of aromatic nitrogens is 1. The highest BCUT2D eigenvalue weighted by Gasteiger charge is 2.48. The van der Waals surface area contributed by atoms with Crippen molar-refractivity contribution < 1.29 is 74.3 Å². The molecule has 2 aliphatic rings. The molecular weight excluding hydrogens is 733 g/mol. The molecule has 0 bridgehead atoms. The van der Waals surface area contributed by atoms with Crippen molar-refractivity contribution >= 4 is 58.3 Å². The molecule has 1 aromatic carbocycles. The van der Waals surface area contributed by atoms with E-state index in [1.807, 2.05) is 0 Å². The topological polar surface area (TPSA) is 146 Å². The van der Waals surface area contributed by atoms with Gasteiger partial charge in [0.25, 0.3) is 5.95 Å². The van der Waals surface area contributed by atoms with E-state index in [0.29, 0.717) is 11.8 Å². The Hall–Kier alpha value is -3.42. The fourth-order valence-corrected chi connectivity index (χ4v) is 7.97. The lowest BCUT2D eigenvalue weighted by Gasteiger charge is -2.43. The molecule has 0 radical (unpaired) electrons. The highest BCUT2D eigenvalue weighted by molar-refractivity contribution is 8.00. The van der Waals surface area contributed by atoms with Crippen molar-refractivity contribution in [3.8, 4) is 5.75 Å². The quantitative estimate of drug-likeness (QED) is 0.0718. The summed E-state index contributed by atoms with van der Waals surface area (Å²) in [5.74, 6) is -15.6. The van der Waals surface area contributed by atoms with Crippen LogP contribution in [0.15, 0.2) is 4.90 Å². The van der Waals surface area contributed by atoms with E-state index in [4.69, 9.17) is 33.2 Å². The third kappa shape index (κ3) is 8.80. The van der Waals surface area contributed by atoms with Crippen molar-refractivity contribution in [2.75, 3.05) is 5.94 Å². The van der Waals surface area contributed by atoms with Gasteiger partial charge in [0.15, 0.2) is 35.4 Å². The number of hydrogen-bond donors (Lipinski definition) is 0. The van der Waals surface area contributed by atoms with E-state index in [2.05, 4.69) is 4.98 Å². The van der Waals surface area contributed by atoms with Gasteiger partial charge in [-0.3, -0.25) is 19.2 Å². The smallest absolute Gasteiger partial charge is 0.305 e. The molecule has 2 saturated heterocycles. The van der Waals surface area contributed by atoms with Gasteiger partial charge in [-0.1, -0.05) is 44.3 Å². The lowest BCUT2D eigenvalue weighted by molar-refractivity contribution is -0.251. The number of rotatable bonds is 10. The molecule has 0 spiro atoms. The minimum absolute atomic E-state index is 0.328. The number of halogens is 5. The summed E-state index contributed by atoms with van der Waals surface area (Å²) in [6.45, 7) is 11.1. The Kier molecular flexibility index (Phi) is 13.1. The molecule has 12 nitrogen and oxygen atoms in total. The predicted molar refractivity (Wildman–Crippen MR) is 169 cm³/mol. The first-order valence-electron chi connectivity index (χ1n) is 15.6. The summed E-state index contributed by atoms with van der Waals surface area (Å²) in [5.41, 5.74) is -3.18. The van der Waals surface area contributed by atoms with E-state index in [9.17, 15) is 19.2 Å². The summed E-state index contributed by atoms with van der Waals surface area (Å²) in [4.78, 5) is 49.9. The van der Waals surface area contributed by atoms with Gasteiger partial charge >= 0.3 is 23.9 Å². The maximum atomic E-state index is 15.5. The number of carbonyl (C=O) groups excluding carboxylic acids is 4. The summed E-state index contributed by atoms with van der Waals surface area (Å²) in [7, 11) is 0. The number of pyridine rings is 1. The van der Waals surface area contributed by atoms with Crippen LogP contribution in [0.1, 0.15) is 55.4 Å². The normalized spacial score (nSPS) is 29.3. The van der Waals surface area contributed by atoms with E-state index >= 15 is 22.0 Å². The van der Waals surface area contributed by atoms with E-state index < -0.39 is 140 Å². The minimum Gasteiger partial charge on any atom is -0.479 e. The molecule has 1 aromatic heterocycles. The number of carbonyl (C=O) groups is 4. The van der Waals surface area contributed by atoms with Crippen molar-refractivity contribution in [1.82, 2.24) is 4.98 Å². The van der Waals surface area contributed by atoms with Crippen LogP contribution in [-0.4, -0.2) is 76.4 Å². The Bertz CT molecular complexity index is 1690. The van der Waals surface area contributed by atoms with E-state index in [1.165, 1.54) is 6.92 Å².